The minimum absolute atomic E-state index is 0.153. The van der Waals surface area contributed by atoms with Crippen molar-refractivity contribution in [3.63, 3.8) is 0 Å². The molecule has 0 atom stereocenters. The maximum Gasteiger partial charge on any atom is 0.430 e. The van der Waals surface area contributed by atoms with Gasteiger partial charge in [-0.3, -0.25) is 5.32 Å². The predicted molar refractivity (Wildman–Crippen MR) is 165 cm³/mol. The van der Waals surface area contributed by atoms with Crippen LogP contribution in [0.3, 0.4) is 0 Å². The second kappa shape index (κ2) is 13.2. The fourth-order valence-corrected chi connectivity index (χ4v) is 6.41. The number of anilines is 3. The van der Waals surface area contributed by atoms with Gasteiger partial charge in [-0.25, -0.2) is 9.78 Å². The van der Waals surface area contributed by atoms with Crippen molar-refractivity contribution in [1.82, 2.24) is 24.6 Å². The highest BCUT2D eigenvalue weighted by molar-refractivity contribution is 5.87. The Hall–Kier alpha value is -3.84. The number of hydrogen-bond acceptors (Lipinski definition) is 11. The third kappa shape index (κ3) is 6.88. The van der Waals surface area contributed by atoms with Gasteiger partial charge < -0.3 is 35.2 Å². The van der Waals surface area contributed by atoms with E-state index < -0.39 is 6.09 Å². The number of ether oxygens (including phenoxy) is 2. The zero-order valence-corrected chi connectivity index (χ0v) is 25.1. The van der Waals surface area contributed by atoms with Gasteiger partial charge >= 0.3 is 6.09 Å². The van der Waals surface area contributed by atoms with E-state index in [1.54, 1.807) is 37.5 Å². The number of hydrogen-bond donors (Lipinski definition) is 4. The number of nitrogens with one attached hydrogen (secondary N) is 3. The number of aromatic nitrogens is 4. The highest BCUT2D eigenvalue weighted by Crippen LogP contribution is 2.34. The number of nitrogens with zero attached hydrogens (tertiary/aromatic N) is 5. The number of amides is 1. The third-order valence-corrected chi connectivity index (χ3v) is 8.90. The largest absolute Gasteiger partial charge is 0.497 e. The lowest BCUT2D eigenvalue weighted by atomic mass is 9.92. The quantitative estimate of drug-likeness (QED) is 0.273. The average Bonchev–Trinajstić information content (AvgIpc) is 3.70. The molecule has 2 aromatic heterocycles. The van der Waals surface area contributed by atoms with Crippen LogP contribution >= 0.6 is 0 Å². The van der Waals surface area contributed by atoms with Crippen molar-refractivity contribution in [2.75, 3.05) is 43.3 Å². The molecule has 2 aliphatic carbocycles. The lowest BCUT2D eigenvalue weighted by Crippen LogP contribution is -2.41. The molecular formula is C30H43N9O4. The minimum Gasteiger partial charge on any atom is -0.497 e. The number of carbonyl (C=O) groups is 1. The van der Waals surface area contributed by atoms with E-state index in [4.69, 9.17) is 35.0 Å². The van der Waals surface area contributed by atoms with Gasteiger partial charge in [-0.1, -0.05) is 12.8 Å². The fraction of sp³-hybridized carbons (Fsp3) is 0.600. The highest BCUT2D eigenvalue weighted by atomic mass is 16.7. The van der Waals surface area contributed by atoms with Gasteiger partial charge in [0.05, 0.1) is 26.2 Å². The molecule has 2 saturated carbocycles. The number of carbonyl (C=O) groups excluding carboxylic acids is 1. The number of rotatable bonds is 9. The molecule has 13 nitrogen and oxygen atoms in total. The Bertz CT molecular complexity index is 1390. The Labute approximate surface area is 251 Å². The molecule has 3 aliphatic rings. The Kier molecular flexibility index (Phi) is 8.98. The zero-order valence-electron chi connectivity index (χ0n) is 25.1. The second-order valence-corrected chi connectivity index (χ2v) is 11.8. The summed E-state index contributed by atoms with van der Waals surface area (Å²) in [7, 11) is 3.12. The van der Waals surface area contributed by atoms with E-state index >= 15 is 0 Å². The Morgan fingerprint density at radius 1 is 0.930 bits per heavy atom. The normalized spacial score (nSPS) is 21.9. The first kappa shape index (κ1) is 29.2. The first-order chi connectivity index (χ1) is 21.0. The van der Waals surface area contributed by atoms with Crippen molar-refractivity contribution in [3.05, 3.63) is 24.5 Å². The van der Waals surface area contributed by atoms with Crippen LogP contribution in [0, 0.1) is 0 Å². The van der Waals surface area contributed by atoms with Crippen molar-refractivity contribution in [3.8, 4) is 11.5 Å². The van der Waals surface area contributed by atoms with Crippen LogP contribution in [0.5, 0.6) is 11.5 Å². The summed E-state index contributed by atoms with van der Waals surface area (Å²) < 4.78 is 12.8. The van der Waals surface area contributed by atoms with Crippen LogP contribution in [-0.4, -0.2) is 76.1 Å². The average molecular weight is 594 g/mol. The van der Waals surface area contributed by atoms with Crippen LogP contribution in [0.1, 0.15) is 70.3 Å². The molecular weight excluding hydrogens is 550 g/mol. The number of methoxy groups -OCH3 is 2. The topological polar surface area (TPSA) is 154 Å². The lowest BCUT2D eigenvalue weighted by Gasteiger charge is -2.31. The molecule has 0 spiro atoms. The van der Waals surface area contributed by atoms with Crippen LogP contribution in [0.25, 0.3) is 11.2 Å². The molecule has 6 rings (SSSR count). The van der Waals surface area contributed by atoms with Crippen LogP contribution < -0.4 is 31.2 Å². The molecule has 1 aliphatic heterocycles. The fourth-order valence-electron chi connectivity index (χ4n) is 6.41. The van der Waals surface area contributed by atoms with Gasteiger partial charge in [-0.05, 0) is 63.5 Å². The molecule has 5 N–H and O–H groups in total. The molecule has 3 aromatic rings. The number of piperidine rings is 1. The SMILES string of the molecule is COc1ccc(NC(=O)ON2CCC(Nc3nc(N[C@H]4CC[C@H](N)CC4)nc4c3ncn4C3CCCC3)CC2)c(OC)c1. The summed E-state index contributed by atoms with van der Waals surface area (Å²) in [6, 6.07) is 6.36. The third-order valence-electron chi connectivity index (χ3n) is 8.90. The summed E-state index contributed by atoms with van der Waals surface area (Å²) in [6.07, 6.45) is 11.7. The van der Waals surface area contributed by atoms with Crippen LogP contribution in [0.2, 0.25) is 0 Å². The molecule has 3 heterocycles. The van der Waals surface area contributed by atoms with E-state index in [1.807, 2.05) is 6.33 Å². The van der Waals surface area contributed by atoms with Crippen molar-refractivity contribution >= 4 is 34.7 Å². The summed E-state index contributed by atoms with van der Waals surface area (Å²) in [5.41, 5.74) is 8.33. The monoisotopic (exact) mass is 593 g/mol. The molecule has 3 fully saturated rings. The van der Waals surface area contributed by atoms with Gasteiger partial charge in [-0.15, -0.1) is 5.06 Å². The van der Waals surface area contributed by atoms with E-state index in [1.165, 1.54) is 12.8 Å². The predicted octanol–water partition coefficient (Wildman–Crippen LogP) is 4.68. The van der Waals surface area contributed by atoms with Crippen LogP contribution in [0.4, 0.5) is 22.2 Å². The standard InChI is InChI=1S/C30H43N9O4/c1-41-23-11-12-24(25(17-23)42-2)35-30(40)43-38-15-13-21(14-16-38)33-27-26-28(39(18-32-26)22-5-3-4-6-22)37-29(36-27)34-20-9-7-19(31)8-10-20/h11-12,17-22H,3-10,13-16,31H2,1-2H3,(H,35,40)(H2,33,34,36,37)/t19-,20-. The molecule has 232 valence electrons. The Balaban J connectivity index is 1.10. The smallest absolute Gasteiger partial charge is 0.430 e. The van der Waals surface area contributed by atoms with Crippen molar-refractivity contribution in [1.29, 1.82) is 0 Å². The van der Waals surface area contributed by atoms with E-state index in [9.17, 15) is 4.79 Å². The lowest BCUT2D eigenvalue weighted by molar-refractivity contribution is -0.107. The molecule has 0 bridgehead atoms. The summed E-state index contributed by atoms with van der Waals surface area (Å²) in [5, 5.41) is 11.7. The van der Waals surface area contributed by atoms with E-state index in [-0.39, 0.29) is 12.1 Å². The maximum atomic E-state index is 12.6. The molecule has 0 radical (unpaired) electrons. The van der Waals surface area contributed by atoms with Crippen LogP contribution in [0.15, 0.2) is 24.5 Å². The van der Waals surface area contributed by atoms with E-state index in [0.29, 0.717) is 48.3 Å². The van der Waals surface area contributed by atoms with Crippen molar-refractivity contribution < 1.29 is 19.1 Å². The first-order valence-electron chi connectivity index (χ1n) is 15.5. The summed E-state index contributed by atoms with van der Waals surface area (Å²) in [4.78, 5) is 32.9. The highest BCUT2D eigenvalue weighted by Gasteiger charge is 2.27. The van der Waals surface area contributed by atoms with Gasteiger partial charge in [-0.2, -0.15) is 9.97 Å². The number of hydroxylamine groups is 2. The maximum absolute atomic E-state index is 12.6. The number of benzene rings is 1. The summed E-state index contributed by atoms with van der Waals surface area (Å²) in [6.45, 7) is 1.17. The Morgan fingerprint density at radius 2 is 1.67 bits per heavy atom. The van der Waals surface area contributed by atoms with E-state index in [2.05, 4.69) is 20.5 Å². The van der Waals surface area contributed by atoms with Gasteiger partial charge in [0.25, 0.3) is 0 Å². The van der Waals surface area contributed by atoms with Crippen molar-refractivity contribution in [2.45, 2.75) is 88.4 Å². The van der Waals surface area contributed by atoms with E-state index in [0.717, 1.165) is 68.3 Å². The molecule has 43 heavy (non-hydrogen) atoms. The summed E-state index contributed by atoms with van der Waals surface area (Å²) >= 11 is 0. The van der Waals surface area contributed by atoms with Gasteiger partial charge in [0, 0.05) is 43.3 Å². The second-order valence-electron chi connectivity index (χ2n) is 11.8. The molecule has 13 heteroatoms. The zero-order chi connectivity index (χ0) is 29.8. The Morgan fingerprint density at radius 3 is 2.40 bits per heavy atom. The van der Waals surface area contributed by atoms with Crippen molar-refractivity contribution in [2.24, 2.45) is 5.73 Å². The first-order valence-corrected chi connectivity index (χ1v) is 15.5. The molecule has 1 amide bonds. The number of fused-ring (bicyclic) bond motifs is 1. The van der Waals surface area contributed by atoms with Crippen LogP contribution in [-0.2, 0) is 4.84 Å². The molecule has 1 aromatic carbocycles. The van der Waals surface area contributed by atoms with Gasteiger partial charge in [0.1, 0.15) is 11.5 Å². The summed E-state index contributed by atoms with van der Waals surface area (Å²) in [5.74, 6) is 2.52. The number of nitrogens with two attached hydrogens (primary N) is 1. The van der Waals surface area contributed by atoms with Gasteiger partial charge in [0.2, 0.25) is 5.95 Å². The molecule has 0 unspecified atom stereocenters. The van der Waals surface area contributed by atoms with Gasteiger partial charge in [0.15, 0.2) is 17.0 Å². The minimum atomic E-state index is -0.566. The number of imidazole rings is 1. The molecule has 1 saturated heterocycles.